The number of allylic oxidation sites excluding steroid dienone is 1. The van der Waals surface area contributed by atoms with Crippen LogP contribution in [0.25, 0.3) is 22.2 Å². The molecule has 0 saturated heterocycles. The Kier molecular flexibility index (Phi) is 7.94. The lowest BCUT2D eigenvalue weighted by Gasteiger charge is -2.20. The van der Waals surface area contributed by atoms with E-state index in [0.29, 0.717) is 11.3 Å². The summed E-state index contributed by atoms with van der Waals surface area (Å²) in [5.41, 5.74) is 0.772. The number of nitrogens with one attached hydrogen (secondary N) is 1. The van der Waals surface area contributed by atoms with E-state index in [0.717, 1.165) is 25.0 Å². The molecule has 1 aliphatic carbocycles. The van der Waals surface area contributed by atoms with Crippen LogP contribution in [0.2, 0.25) is 0 Å². The van der Waals surface area contributed by atoms with Crippen molar-refractivity contribution in [2.75, 3.05) is 10.5 Å². The molecule has 0 spiro atoms. The molecule has 0 amide bonds. The number of aromatic carboxylic acids is 1. The van der Waals surface area contributed by atoms with Gasteiger partial charge in [0.1, 0.15) is 5.82 Å². The summed E-state index contributed by atoms with van der Waals surface area (Å²) in [5.74, 6) is -3.12. The molecule has 1 aliphatic rings. The highest BCUT2D eigenvalue weighted by Crippen LogP contribution is 2.46. The average Bonchev–Trinajstić information content (AvgIpc) is 3.60. The number of carboxylic acid groups (broad SMARTS) is 1. The van der Waals surface area contributed by atoms with Gasteiger partial charge in [-0.15, -0.1) is 0 Å². The second-order valence-electron chi connectivity index (χ2n) is 11.1. The van der Waals surface area contributed by atoms with Crippen molar-refractivity contribution in [1.29, 1.82) is 0 Å². The number of rotatable bonds is 10. The molecule has 216 valence electrons. The van der Waals surface area contributed by atoms with Gasteiger partial charge in [-0.05, 0) is 56.2 Å². The number of nitrogens with zero attached hydrogens (tertiary/aromatic N) is 2. The molecule has 1 atom stereocenters. The molecular formula is C28H32F3N3O5S. The van der Waals surface area contributed by atoms with Crippen LogP contribution in [-0.2, 0) is 10.0 Å². The van der Waals surface area contributed by atoms with Crippen molar-refractivity contribution in [3.05, 3.63) is 53.5 Å². The molecule has 12 heteroatoms. The number of hydrogen-bond acceptors (Lipinski definition) is 5. The maximum Gasteiger partial charge on any atom is 0.387 e. The van der Waals surface area contributed by atoms with E-state index < -0.39 is 34.2 Å². The number of anilines is 1. The third-order valence-corrected chi connectivity index (χ3v) is 7.88. The van der Waals surface area contributed by atoms with Gasteiger partial charge in [0.2, 0.25) is 10.0 Å². The molecule has 3 aromatic rings. The fourth-order valence-corrected chi connectivity index (χ4v) is 5.65. The summed E-state index contributed by atoms with van der Waals surface area (Å²) >= 11 is 0. The van der Waals surface area contributed by atoms with Gasteiger partial charge in [-0.3, -0.25) is 4.72 Å². The fraction of sp³-hybridized carbons (Fsp3) is 0.429. The Labute approximate surface area is 230 Å². The Bertz CT molecular complexity index is 1590. The maximum atomic E-state index is 14.7. The number of ether oxygens (including phenoxy) is 1. The van der Waals surface area contributed by atoms with E-state index in [-0.39, 0.29) is 51.1 Å². The largest absolute Gasteiger partial charge is 0.478 e. The molecule has 0 aliphatic heterocycles. The molecule has 1 saturated carbocycles. The molecule has 1 fully saturated rings. The van der Waals surface area contributed by atoms with Gasteiger partial charge in [0.05, 0.1) is 22.5 Å². The van der Waals surface area contributed by atoms with Crippen LogP contribution in [0.5, 0.6) is 5.75 Å². The Hall–Kier alpha value is -3.54. The van der Waals surface area contributed by atoms with Gasteiger partial charge in [0.25, 0.3) is 0 Å². The van der Waals surface area contributed by atoms with E-state index in [4.69, 9.17) is 0 Å². The van der Waals surface area contributed by atoms with Gasteiger partial charge in [0.15, 0.2) is 11.6 Å². The van der Waals surface area contributed by atoms with E-state index in [2.05, 4.69) is 14.4 Å². The van der Waals surface area contributed by atoms with Gasteiger partial charge < -0.3 is 14.4 Å². The molecule has 2 N–H and O–H groups in total. The van der Waals surface area contributed by atoms with Crippen molar-refractivity contribution >= 4 is 32.7 Å². The predicted octanol–water partition coefficient (Wildman–Crippen LogP) is 6.77. The number of fused-ring (bicyclic) bond motifs is 1. The summed E-state index contributed by atoms with van der Waals surface area (Å²) in [6.07, 6.45) is 5.14. The summed E-state index contributed by atoms with van der Waals surface area (Å²) in [4.78, 5) is 16.9. The molecule has 2 aromatic heterocycles. The van der Waals surface area contributed by atoms with Crippen molar-refractivity contribution in [3.63, 3.8) is 0 Å². The van der Waals surface area contributed by atoms with Crippen molar-refractivity contribution in [2.45, 2.75) is 60.1 Å². The zero-order valence-corrected chi connectivity index (χ0v) is 23.7. The van der Waals surface area contributed by atoms with Gasteiger partial charge in [-0.2, -0.15) is 8.78 Å². The van der Waals surface area contributed by atoms with Crippen LogP contribution in [0.1, 0.15) is 62.6 Å². The van der Waals surface area contributed by atoms with Crippen molar-refractivity contribution < 1.29 is 36.2 Å². The Morgan fingerprint density at radius 3 is 2.50 bits per heavy atom. The normalized spacial score (nSPS) is 15.2. The Morgan fingerprint density at radius 1 is 1.27 bits per heavy atom. The van der Waals surface area contributed by atoms with Gasteiger partial charge >= 0.3 is 12.6 Å². The van der Waals surface area contributed by atoms with Crippen LogP contribution in [0.15, 0.2) is 36.4 Å². The number of aryl methyl sites for hydroxylation is 1. The number of carbonyl (C=O) groups is 1. The number of carboxylic acids is 1. The number of sulfonamides is 1. The first-order valence-electron chi connectivity index (χ1n) is 12.8. The highest BCUT2D eigenvalue weighted by molar-refractivity contribution is 7.92. The summed E-state index contributed by atoms with van der Waals surface area (Å²) < 4.78 is 74.3. The monoisotopic (exact) mass is 579 g/mol. The van der Waals surface area contributed by atoms with Gasteiger partial charge in [-0.25, -0.2) is 22.6 Å². The smallest absolute Gasteiger partial charge is 0.387 e. The summed E-state index contributed by atoms with van der Waals surface area (Å²) in [6.45, 7) is 6.07. The van der Waals surface area contributed by atoms with Crippen LogP contribution in [0, 0.1) is 24.1 Å². The van der Waals surface area contributed by atoms with E-state index in [1.807, 2.05) is 27.7 Å². The first kappa shape index (κ1) is 29.4. The molecule has 1 unspecified atom stereocenters. The second kappa shape index (κ2) is 10.8. The molecule has 1 aromatic carbocycles. The quantitative estimate of drug-likeness (QED) is 0.257. The minimum absolute atomic E-state index is 0.0314. The Balaban J connectivity index is 1.84. The molecule has 8 nitrogen and oxygen atoms in total. The molecule has 4 rings (SSSR count). The number of halogens is 3. The Morgan fingerprint density at radius 2 is 1.95 bits per heavy atom. The van der Waals surface area contributed by atoms with E-state index in [9.17, 15) is 31.5 Å². The van der Waals surface area contributed by atoms with Crippen LogP contribution >= 0.6 is 0 Å². The lowest BCUT2D eigenvalue weighted by atomic mass is 9.97. The molecular weight excluding hydrogens is 547 g/mol. The summed E-state index contributed by atoms with van der Waals surface area (Å²) in [6, 6.07) is 4.72. The van der Waals surface area contributed by atoms with E-state index in [1.54, 1.807) is 29.7 Å². The standard InChI is InChI=1S/C28H32F3N3O5S/c1-15-18(9-10-23(32-15)33-40(37,38)12-6-11-28(3,4)5)25-24(26(35)36)19-13-20(29)22(39-27(30)31)14-21(19)34(25)16(2)17-7-8-17/h6,9-11,13-14,16-17,27H,7-8,12H2,1-5H3,(H,32,33)(H,35,36). The summed E-state index contributed by atoms with van der Waals surface area (Å²) in [5, 5.41) is 10.2. The first-order valence-corrected chi connectivity index (χ1v) is 14.4. The molecule has 0 radical (unpaired) electrons. The van der Waals surface area contributed by atoms with Crippen LogP contribution in [-0.4, -0.2) is 41.4 Å². The van der Waals surface area contributed by atoms with E-state index >= 15 is 0 Å². The minimum atomic E-state index is -3.75. The van der Waals surface area contributed by atoms with Crippen LogP contribution in [0.3, 0.4) is 0 Å². The lowest BCUT2D eigenvalue weighted by molar-refractivity contribution is -0.0521. The third kappa shape index (κ3) is 6.43. The van der Waals surface area contributed by atoms with Gasteiger partial charge in [-0.1, -0.05) is 32.9 Å². The SMILES string of the molecule is Cc1nc(NS(=O)(=O)CC=CC(C)(C)C)ccc1-c1c(C(=O)O)c2cc(F)c(OC(F)F)cc2n1C(C)C1CC1. The fourth-order valence-electron chi connectivity index (χ4n) is 4.79. The van der Waals surface area contributed by atoms with Crippen molar-refractivity contribution in [1.82, 2.24) is 9.55 Å². The highest BCUT2D eigenvalue weighted by Gasteiger charge is 2.35. The maximum absolute atomic E-state index is 14.7. The zero-order chi connectivity index (χ0) is 29.6. The predicted molar refractivity (Wildman–Crippen MR) is 147 cm³/mol. The number of alkyl halides is 2. The molecule has 40 heavy (non-hydrogen) atoms. The number of hydrogen-bond donors (Lipinski definition) is 2. The van der Waals surface area contributed by atoms with E-state index in [1.165, 1.54) is 6.07 Å². The number of aromatic nitrogens is 2. The molecule has 2 heterocycles. The zero-order valence-electron chi connectivity index (χ0n) is 22.8. The van der Waals surface area contributed by atoms with Gasteiger partial charge in [0, 0.05) is 28.8 Å². The molecule has 0 bridgehead atoms. The second-order valence-corrected chi connectivity index (χ2v) is 12.9. The van der Waals surface area contributed by atoms with Crippen LogP contribution < -0.4 is 9.46 Å². The van der Waals surface area contributed by atoms with Crippen LogP contribution in [0.4, 0.5) is 19.0 Å². The number of benzene rings is 1. The topological polar surface area (TPSA) is 111 Å². The lowest BCUT2D eigenvalue weighted by Crippen LogP contribution is -2.17. The minimum Gasteiger partial charge on any atom is -0.478 e. The average molecular weight is 580 g/mol. The number of pyridine rings is 1. The first-order chi connectivity index (χ1) is 18.6. The van der Waals surface area contributed by atoms with Crippen molar-refractivity contribution in [3.8, 4) is 17.0 Å². The summed E-state index contributed by atoms with van der Waals surface area (Å²) in [7, 11) is -3.75. The highest BCUT2D eigenvalue weighted by atomic mass is 32.2. The third-order valence-electron chi connectivity index (χ3n) is 6.73. The van der Waals surface area contributed by atoms with Crippen molar-refractivity contribution in [2.24, 2.45) is 11.3 Å².